The summed E-state index contributed by atoms with van der Waals surface area (Å²) < 4.78 is 2.14. The lowest BCUT2D eigenvalue weighted by Gasteiger charge is -2.18. The van der Waals surface area contributed by atoms with Crippen molar-refractivity contribution in [3.05, 3.63) is 225 Å². The van der Waals surface area contributed by atoms with Crippen molar-refractivity contribution in [3.8, 4) is 89.9 Å². The van der Waals surface area contributed by atoms with Gasteiger partial charge in [0.25, 0.3) is 0 Å². The fourth-order valence-corrected chi connectivity index (χ4v) is 8.36. The highest BCUT2D eigenvalue weighted by Crippen LogP contribution is 2.43. The van der Waals surface area contributed by atoms with Crippen molar-refractivity contribution >= 4 is 16.3 Å². The van der Waals surface area contributed by atoms with Crippen molar-refractivity contribution in [1.29, 1.82) is 0 Å². The maximum absolute atomic E-state index is 5.09. The number of hydrogen-bond donors (Lipinski definition) is 0. The number of fused-ring (bicyclic) bond motifs is 3. The number of aromatic nitrogens is 5. The van der Waals surface area contributed by atoms with Gasteiger partial charge in [0.1, 0.15) is 0 Å². The smallest absolute Gasteiger partial charge is 0.164 e. The van der Waals surface area contributed by atoms with Gasteiger partial charge >= 0.3 is 0 Å². The summed E-state index contributed by atoms with van der Waals surface area (Å²) in [5.74, 6) is 1.89. The number of pyridine rings is 1. The molecule has 8 aromatic carbocycles. The van der Waals surface area contributed by atoms with Gasteiger partial charge in [0.15, 0.2) is 17.5 Å². The molecule has 5 nitrogen and oxygen atoms in total. The lowest BCUT2D eigenvalue weighted by Crippen LogP contribution is -2.00. The fraction of sp³-hybridized carbons (Fsp3) is 0. The number of benzene rings is 8. The maximum Gasteiger partial charge on any atom is 0.164 e. The van der Waals surface area contributed by atoms with E-state index in [0.29, 0.717) is 17.5 Å². The Balaban J connectivity index is 1.00. The van der Waals surface area contributed by atoms with Crippen molar-refractivity contribution in [2.45, 2.75) is 0 Å². The van der Waals surface area contributed by atoms with Crippen LogP contribution in [0.15, 0.2) is 225 Å². The molecule has 0 aliphatic rings. The standard InChI is InChI=1S/C56H37N5/c1-5-16-38(17-6-1)39-28-32-44(33-29-39)55-58-54(43-22-11-4-12-23-43)59-56(60-55)45-34-30-40(31-35-45)46-24-15-25-47(36-46)51-48-26-13-14-27-49(48)53-50(41-18-7-2-8-19-41)37-57-61(53)52(51)42-20-9-3-10-21-42/h1-37H. The van der Waals surface area contributed by atoms with Crippen LogP contribution in [0.2, 0.25) is 0 Å². The van der Waals surface area contributed by atoms with Crippen molar-refractivity contribution < 1.29 is 0 Å². The van der Waals surface area contributed by atoms with Crippen LogP contribution in [0.1, 0.15) is 0 Å². The molecule has 0 saturated heterocycles. The lowest BCUT2D eigenvalue weighted by molar-refractivity contribution is 0.976. The summed E-state index contributed by atoms with van der Waals surface area (Å²) >= 11 is 0. The van der Waals surface area contributed by atoms with Crippen molar-refractivity contribution in [2.75, 3.05) is 0 Å². The van der Waals surface area contributed by atoms with E-state index in [1.807, 2.05) is 42.6 Å². The Hall–Kier alpha value is -8.28. The monoisotopic (exact) mass is 779 g/mol. The summed E-state index contributed by atoms with van der Waals surface area (Å²) in [4.78, 5) is 15.0. The van der Waals surface area contributed by atoms with Crippen molar-refractivity contribution in [2.24, 2.45) is 0 Å². The molecule has 0 radical (unpaired) electrons. The van der Waals surface area contributed by atoms with Crippen LogP contribution in [-0.4, -0.2) is 24.6 Å². The average Bonchev–Trinajstić information content (AvgIpc) is 3.80. The molecule has 5 heteroatoms. The molecule has 0 atom stereocenters. The molecule has 0 N–H and O–H groups in total. The second kappa shape index (κ2) is 15.5. The Morgan fingerprint density at radius 3 is 1.26 bits per heavy atom. The fourth-order valence-electron chi connectivity index (χ4n) is 8.36. The van der Waals surface area contributed by atoms with E-state index in [4.69, 9.17) is 20.1 Å². The number of hydrogen-bond acceptors (Lipinski definition) is 4. The minimum Gasteiger partial charge on any atom is -0.231 e. The Morgan fingerprint density at radius 2 is 0.689 bits per heavy atom. The Bertz CT molecular complexity index is 3310. The van der Waals surface area contributed by atoms with Crippen LogP contribution >= 0.6 is 0 Å². The molecule has 0 saturated carbocycles. The lowest BCUT2D eigenvalue weighted by atomic mass is 9.90. The highest BCUT2D eigenvalue weighted by atomic mass is 15.2. The van der Waals surface area contributed by atoms with Gasteiger partial charge in [-0.2, -0.15) is 5.10 Å². The van der Waals surface area contributed by atoms with Crippen LogP contribution in [0.4, 0.5) is 0 Å². The molecule has 286 valence electrons. The van der Waals surface area contributed by atoms with Gasteiger partial charge < -0.3 is 0 Å². The molecule has 0 aliphatic heterocycles. The van der Waals surface area contributed by atoms with Crippen LogP contribution in [-0.2, 0) is 0 Å². The molecule has 0 amide bonds. The summed E-state index contributed by atoms with van der Waals surface area (Å²) in [6, 6.07) is 76.2. The van der Waals surface area contributed by atoms with E-state index in [1.54, 1.807) is 0 Å². The number of rotatable bonds is 8. The maximum atomic E-state index is 5.09. The molecule has 0 unspecified atom stereocenters. The second-order valence-corrected chi connectivity index (χ2v) is 15.1. The highest BCUT2D eigenvalue weighted by molar-refractivity contribution is 6.13. The molecular formula is C56H37N5. The molecule has 11 rings (SSSR count). The molecule has 0 aliphatic carbocycles. The summed E-state index contributed by atoms with van der Waals surface area (Å²) in [6.07, 6.45) is 2.01. The first-order valence-electron chi connectivity index (χ1n) is 20.5. The van der Waals surface area contributed by atoms with Gasteiger partial charge in [0.05, 0.1) is 17.4 Å². The summed E-state index contributed by atoms with van der Waals surface area (Å²) in [5, 5.41) is 7.42. The topological polar surface area (TPSA) is 56.0 Å². The molecule has 0 bridgehead atoms. The van der Waals surface area contributed by atoms with E-state index < -0.39 is 0 Å². The Labute approximate surface area is 354 Å². The van der Waals surface area contributed by atoms with Gasteiger partial charge in [0, 0.05) is 38.8 Å². The van der Waals surface area contributed by atoms with Crippen LogP contribution in [0.25, 0.3) is 106 Å². The molecular weight excluding hydrogens is 743 g/mol. The van der Waals surface area contributed by atoms with Gasteiger partial charge in [-0.15, -0.1) is 0 Å². The first-order chi connectivity index (χ1) is 30.2. The normalized spacial score (nSPS) is 11.3. The van der Waals surface area contributed by atoms with Gasteiger partial charge in [-0.05, 0) is 44.8 Å². The van der Waals surface area contributed by atoms with Crippen LogP contribution < -0.4 is 0 Å². The Kier molecular flexibility index (Phi) is 9.10. The van der Waals surface area contributed by atoms with E-state index in [9.17, 15) is 0 Å². The van der Waals surface area contributed by atoms with E-state index >= 15 is 0 Å². The van der Waals surface area contributed by atoms with Gasteiger partial charge in [-0.1, -0.05) is 212 Å². The van der Waals surface area contributed by atoms with Gasteiger partial charge in [-0.25, -0.2) is 19.5 Å². The van der Waals surface area contributed by atoms with E-state index in [0.717, 1.165) is 77.8 Å². The van der Waals surface area contributed by atoms with Crippen LogP contribution in [0.5, 0.6) is 0 Å². The van der Waals surface area contributed by atoms with Crippen molar-refractivity contribution in [3.63, 3.8) is 0 Å². The molecule has 3 heterocycles. The summed E-state index contributed by atoms with van der Waals surface area (Å²) in [7, 11) is 0. The van der Waals surface area contributed by atoms with Gasteiger partial charge in [-0.3, -0.25) is 0 Å². The predicted octanol–water partition coefficient (Wildman–Crippen LogP) is 14.0. The SMILES string of the molecule is c1ccc(-c2ccc(-c3nc(-c4ccccc4)nc(-c4ccc(-c5cccc(-c6c(-c7ccccc7)n7ncc(-c8ccccc8)c7c7ccccc67)c5)cc4)n3)cc2)cc1. The third-order valence-corrected chi connectivity index (χ3v) is 11.3. The number of nitrogens with zero attached hydrogens (tertiary/aromatic N) is 5. The third kappa shape index (κ3) is 6.74. The minimum absolute atomic E-state index is 0.623. The van der Waals surface area contributed by atoms with E-state index in [1.165, 1.54) is 10.9 Å². The molecule has 61 heavy (non-hydrogen) atoms. The zero-order chi connectivity index (χ0) is 40.5. The predicted molar refractivity (Wildman–Crippen MR) is 250 cm³/mol. The molecule has 0 spiro atoms. The molecule has 3 aromatic heterocycles. The van der Waals surface area contributed by atoms with E-state index in [-0.39, 0.29) is 0 Å². The summed E-state index contributed by atoms with van der Waals surface area (Å²) in [6.45, 7) is 0. The third-order valence-electron chi connectivity index (χ3n) is 11.3. The Morgan fingerprint density at radius 1 is 0.295 bits per heavy atom. The zero-order valence-electron chi connectivity index (χ0n) is 33.1. The minimum atomic E-state index is 0.623. The van der Waals surface area contributed by atoms with Crippen LogP contribution in [0, 0.1) is 0 Å². The largest absolute Gasteiger partial charge is 0.231 e. The van der Waals surface area contributed by atoms with E-state index in [2.05, 4.69) is 187 Å². The first kappa shape index (κ1) is 35.8. The quantitative estimate of drug-likeness (QED) is 0.154. The second-order valence-electron chi connectivity index (χ2n) is 15.1. The van der Waals surface area contributed by atoms with Crippen molar-refractivity contribution in [1.82, 2.24) is 24.6 Å². The highest BCUT2D eigenvalue weighted by Gasteiger charge is 2.22. The zero-order valence-corrected chi connectivity index (χ0v) is 33.1. The first-order valence-corrected chi connectivity index (χ1v) is 20.5. The van der Waals surface area contributed by atoms with Gasteiger partial charge in [0.2, 0.25) is 0 Å². The summed E-state index contributed by atoms with van der Waals surface area (Å²) in [5.41, 5.74) is 15.1. The van der Waals surface area contributed by atoms with Crippen LogP contribution in [0.3, 0.4) is 0 Å². The molecule has 11 aromatic rings. The average molecular weight is 780 g/mol. The molecule has 0 fully saturated rings.